The van der Waals surface area contributed by atoms with Crippen molar-refractivity contribution in [1.29, 1.82) is 0 Å². The topological polar surface area (TPSA) is 43.8 Å². The molecular weight excluding hydrogens is 162 g/mol. The lowest BCUT2D eigenvalue weighted by molar-refractivity contribution is 0.797. The minimum absolute atomic E-state index is 0.688. The fraction of sp³-hybridized carbons (Fsp3) is 0.300. The number of nitrogens with zero attached hydrogens (tertiary/aromatic N) is 2. The maximum absolute atomic E-state index is 5.53. The largest absolute Gasteiger partial charge is 0.330 e. The van der Waals surface area contributed by atoms with E-state index in [0.29, 0.717) is 6.54 Å². The Bertz CT molecular complexity index is 417. The Morgan fingerprint density at radius 3 is 3.08 bits per heavy atom. The van der Waals surface area contributed by atoms with Crippen molar-refractivity contribution in [3.8, 4) is 0 Å². The molecule has 2 N–H and O–H groups in total. The Morgan fingerprint density at radius 2 is 2.31 bits per heavy atom. The molecule has 0 saturated carbocycles. The van der Waals surface area contributed by atoms with Gasteiger partial charge >= 0.3 is 0 Å². The third-order valence-electron chi connectivity index (χ3n) is 2.30. The van der Waals surface area contributed by atoms with Crippen LogP contribution >= 0.6 is 0 Å². The Morgan fingerprint density at radius 1 is 1.46 bits per heavy atom. The van der Waals surface area contributed by atoms with Gasteiger partial charge in [-0.25, -0.2) is 0 Å². The minimum atomic E-state index is 0.688. The Hall–Kier alpha value is -1.35. The first-order chi connectivity index (χ1) is 6.33. The predicted molar refractivity (Wildman–Crippen MR) is 53.5 cm³/mol. The van der Waals surface area contributed by atoms with E-state index in [-0.39, 0.29) is 0 Å². The zero-order valence-electron chi connectivity index (χ0n) is 7.70. The standard InChI is InChI=1S/C10H13N3/c1-13-10-4-2-3-8(5-6-11)9(10)7-12-13/h2-4,7H,5-6,11H2,1H3. The number of hydrogen-bond donors (Lipinski definition) is 1. The van der Waals surface area contributed by atoms with Crippen molar-refractivity contribution in [2.75, 3.05) is 6.54 Å². The molecule has 0 atom stereocenters. The molecule has 0 aliphatic rings. The van der Waals surface area contributed by atoms with Crippen LogP contribution in [0.5, 0.6) is 0 Å². The van der Waals surface area contributed by atoms with Gasteiger partial charge in [0.2, 0.25) is 0 Å². The van der Waals surface area contributed by atoms with Gasteiger partial charge in [0.05, 0.1) is 11.7 Å². The molecule has 2 rings (SSSR count). The average Bonchev–Trinajstić information content (AvgIpc) is 2.50. The van der Waals surface area contributed by atoms with E-state index in [0.717, 1.165) is 6.42 Å². The lowest BCUT2D eigenvalue weighted by atomic mass is 10.1. The SMILES string of the molecule is Cn1ncc2c(CCN)cccc21. The summed E-state index contributed by atoms with van der Waals surface area (Å²) in [6, 6.07) is 6.23. The molecule has 1 heterocycles. The molecule has 0 spiro atoms. The molecule has 1 aromatic heterocycles. The molecule has 0 saturated heterocycles. The highest BCUT2D eigenvalue weighted by Crippen LogP contribution is 2.17. The van der Waals surface area contributed by atoms with Gasteiger partial charge in [-0.15, -0.1) is 0 Å². The van der Waals surface area contributed by atoms with E-state index < -0.39 is 0 Å². The molecule has 3 heteroatoms. The van der Waals surface area contributed by atoms with Gasteiger partial charge in [0.25, 0.3) is 0 Å². The second-order valence-corrected chi connectivity index (χ2v) is 3.16. The van der Waals surface area contributed by atoms with Crippen molar-refractivity contribution in [3.05, 3.63) is 30.0 Å². The van der Waals surface area contributed by atoms with E-state index in [2.05, 4.69) is 23.3 Å². The van der Waals surface area contributed by atoms with Gasteiger partial charge in [-0.2, -0.15) is 5.10 Å². The molecular formula is C10H13N3. The molecule has 68 valence electrons. The summed E-state index contributed by atoms with van der Waals surface area (Å²) in [6.07, 6.45) is 2.82. The zero-order valence-corrected chi connectivity index (χ0v) is 7.70. The van der Waals surface area contributed by atoms with Crippen LogP contribution in [0.15, 0.2) is 24.4 Å². The van der Waals surface area contributed by atoms with Crippen molar-refractivity contribution >= 4 is 10.9 Å². The van der Waals surface area contributed by atoms with E-state index >= 15 is 0 Å². The number of aromatic nitrogens is 2. The smallest absolute Gasteiger partial charge is 0.0681 e. The summed E-state index contributed by atoms with van der Waals surface area (Å²) in [7, 11) is 1.95. The Labute approximate surface area is 77.2 Å². The van der Waals surface area contributed by atoms with Gasteiger partial charge < -0.3 is 5.73 Å². The molecule has 2 aromatic rings. The highest BCUT2D eigenvalue weighted by Gasteiger charge is 2.02. The normalized spacial score (nSPS) is 10.9. The second kappa shape index (κ2) is 3.18. The lowest BCUT2D eigenvalue weighted by Gasteiger charge is -2.00. The van der Waals surface area contributed by atoms with Crippen LogP contribution in [0.1, 0.15) is 5.56 Å². The molecule has 13 heavy (non-hydrogen) atoms. The monoisotopic (exact) mass is 175 g/mol. The van der Waals surface area contributed by atoms with E-state index in [9.17, 15) is 0 Å². The molecule has 0 unspecified atom stereocenters. The fourth-order valence-electron chi connectivity index (χ4n) is 1.61. The summed E-state index contributed by atoms with van der Waals surface area (Å²) in [4.78, 5) is 0. The van der Waals surface area contributed by atoms with Crippen molar-refractivity contribution in [2.24, 2.45) is 12.8 Å². The van der Waals surface area contributed by atoms with Crippen molar-refractivity contribution in [2.45, 2.75) is 6.42 Å². The van der Waals surface area contributed by atoms with Gasteiger partial charge in [-0.1, -0.05) is 12.1 Å². The molecule has 0 radical (unpaired) electrons. The predicted octanol–water partition coefficient (Wildman–Crippen LogP) is 1.07. The van der Waals surface area contributed by atoms with Gasteiger partial charge in [0, 0.05) is 12.4 Å². The highest BCUT2D eigenvalue weighted by molar-refractivity contribution is 5.82. The summed E-state index contributed by atoms with van der Waals surface area (Å²) >= 11 is 0. The van der Waals surface area contributed by atoms with Crippen LogP contribution < -0.4 is 5.73 Å². The second-order valence-electron chi connectivity index (χ2n) is 3.16. The van der Waals surface area contributed by atoms with Crippen LogP contribution in [-0.2, 0) is 13.5 Å². The number of rotatable bonds is 2. The fourth-order valence-corrected chi connectivity index (χ4v) is 1.61. The molecule has 0 amide bonds. The number of fused-ring (bicyclic) bond motifs is 1. The summed E-state index contributed by atoms with van der Waals surface area (Å²) in [5.74, 6) is 0. The maximum Gasteiger partial charge on any atom is 0.0681 e. The summed E-state index contributed by atoms with van der Waals surface area (Å²) in [6.45, 7) is 0.688. The van der Waals surface area contributed by atoms with E-state index in [1.165, 1.54) is 16.5 Å². The lowest BCUT2D eigenvalue weighted by Crippen LogP contribution is -2.02. The first-order valence-corrected chi connectivity index (χ1v) is 4.42. The molecule has 1 aromatic carbocycles. The van der Waals surface area contributed by atoms with Crippen molar-refractivity contribution < 1.29 is 0 Å². The van der Waals surface area contributed by atoms with Crippen LogP contribution in [-0.4, -0.2) is 16.3 Å². The van der Waals surface area contributed by atoms with Gasteiger partial charge in [0.1, 0.15) is 0 Å². The summed E-state index contributed by atoms with van der Waals surface area (Å²) in [5, 5.41) is 5.43. The van der Waals surface area contributed by atoms with E-state index in [1.807, 2.05) is 17.9 Å². The average molecular weight is 175 g/mol. The number of hydrogen-bond acceptors (Lipinski definition) is 2. The Balaban J connectivity index is 2.63. The van der Waals surface area contributed by atoms with Gasteiger partial charge in [-0.3, -0.25) is 4.68 Å². The molecule has 0 aliphatic heterocycles. The van der Waals surface area contributed by atoms with E-state index in [1.54, 1.807) is 0 Å². The quantitative estimate of drug-likeness (QED) is 0.742. The van der Waals surface area contributed by atoms with Crippen LogP contribution in [0.4, 0.5) is 0 Å². The number of nitrogens with two attached hydrogens (primary N) is 1. The van der Waals surface area contributed by atoms with Crippen LogP contribution in [0.3, 0.4) is 0 Å². The van der Waals surface area contributed by atoms with Crippen LogP contribution in [0.2, 0.25) is 0 Å². The first-order valence-electron chi connectivity index (χ1n) is 4.42. The molecule has 0 fully saturated rings. The van der Waals surface area contributed by atoms with E-state index in [4.69, 9.17) is 5.73 Å². The number of benzene rings is 1. The van der Waals surface area contributed by atoms with Crippen LogP contribution in [0, 0.1) is 0 Å². The summed E-state index contributed by atoms with van der Waals surface area (Å²) < 4.78 is 1.88. The van der Waals surface area contributed by atoms with Crippen molar-refractivity contribution in [3.63, 3.8) is 0 Å². The Kier molecular flexibility index (Phi) is 2.02. The molecule has 0 aliphatic carbocycles. The zero-order chi connectivity index (χ0) is 9.26. The highest BCUT2D eigenvalue weighted by atomic mass is 15.2. The van der Waals surface area contributed by atoms with Gasteiger partial charge in [0.15, 0.2) is 0 Å². The third kappa shape index (κ3) is 1.31. The maximum atomic E-state index is 5.53. The molecule has 0 bridgehead atoms. The van der Waals surface area contributed by atoms with Crippen molar-refractivity contribution in [1.82, 2.24) is 9.78 Å². The first kappa shape index (κ1) is 8.26. The molecule has 3 nitrogen and oxygen atoms in total. The third-order valence-corrected chi connectivity index (χ3v) is 2.30. The van der Waals surface area contributed by atoms with Gasteiger partial charge in [-0.05, 0) is 24.6 Å². The van der Waals surface area contributed by atoms with Crippen LogP contribution in [0.25, 0.3) is 10.9 Å². The minimum Gasteiger partial charge on any atom is -0.330 e. The summed E-state index contributed by atoms with van der Waals surface area (Å²) in [5.41, 5.74) is 7.99. The number of aryl methyl sites for hydroxylation is 1.